The summed E-state index contributed by atoms with van der Waals surface area (Å²) in [5.74, 6) is 0.0909. The summed E-state index contributed by atoms with van der Waals surface area (Å²) in [6.45, 7) is 10.7. The van der Waals surface area contributed by atoms with E-state index in [2.05, 4.69) is 70.3 Å². The molecule has 59 heavy (non-hydrogen) atoms. The van der Waals surface area contributed by atoms with Crippen molar-refractivity contribution < 1.29 is 28.0 Å². The zero-order chi connectivity index (χ0) is 43.8. The number of rotatable bonds is 7. The van der Waals surface area contributed by atoms with E-state index in [0.717, 1.165) is 50.4 Å². The average molecular weight is 827 g/mol. The molecule has 7 heterocycles. The van der Waals surface area contributed by atoms with Gasteiger partial charge in [0.05, 0.1) is 29.1 Å². The number of nitrogens with zero attached hydrogens (tertiary/aromatic N) is 7. The van der Waals surface area contributed by atoms with Crippen molar-refractivity contribution >= 4 is 45.8 Å². The quantitative estimate of drug-likeness (QED) is 0.243. The van der Waals surface area contributed by atoms with Gasteiger partial charge >= 0.3 is 5.97 Å². The lowest BCUT2D eigenvalue weighted by Crippen LogP contribution is -2.71. The first-order valence-electron chi connectivity index (χ1n) is 22.6. The van der Waals surface area contributed by atoms with E-state index in [4.69, 9.17) is 23.7 Å². The maximum Gasteiger partial charge on any atom is 0.325 e. The number of amides is 2. The SMILES string of the molecule is [2H]C([2H])([2H])N1CCN(c2cc(-c3c4c5cc(ccc5n3CC)-c3csc(n3)C[C@H](NC(=O)C3C[C@@H]3C)C(=O)N3N[C@H](C(=O)OCC(C)(C)C4)C4CC3C4)c([C@H](C)OC)nn2)CC1. The van der Waals surface area contributed by atoms with Gasteiger partial charge in [0.2, 0.25) is 5.91 Å². The van der Waals surface area contributed by atoms with Crippen molar-refractivity contribution in [2.75, 3.05) is 51.8 Å². The smallest absolute Gasteiger partial charge is 0.325 e. The largest absolute Gasteiger partial charge is 0.464 e. The average Bonchev–Trinajstić information content (AvgIpc) is 3.66. The number of anilines is 1. The van der Waals surface area contributed by atoms with Crippen LogP contribution < -0.4 is 15.6 Å². The fraction of sp³-hybridized carbons (Fsp3) is 0.591. The standard InChI is InChI=1S/C44H57N9O5S/c1-8-52-35-10-9-26-18-30(35)32(40(52)31-19-36(47-48-38(31)25(3)57-7)51-13-11-50(6)12-14-51)21-44(4,5)23-58-43(56)39-27-16-28(17-27)53(49-39)42(55)33(20-37-45-34(26)22-59-37)46-41(54)29-15-24(29)2/h9-10,18-19,22,24-25,27-29,33,39,49H,8,11-17,20-21,23H2,1-7H3,(H,46,54)/t24-,25-,27?,28?,29?,33-,39-/m0/s1/i6D3. The molecule has 1 unspecified atom stereocenters. The first-order valence-corrected chi connectivity index (χ1v) is 22.0. The number of hydrogen-bond acceptors (Lipinski definition) is 12. The summed E-state index contributed by atoms with van der Waals surface area (Å²) in [6.07, 6.45) is 2.53. The number of likely N-dealkylation sites (N-methyl/N-ethyl adjacent to an activating group) is 1. The highest BCUT2D eigenvalue weighted by atomic mass is 32.1. The van der Waals surface area contributed by atoms with Gasteiger partial charge in [-0.05, 0) is 82.1 Å². The van der Waals surface area contributed by atoms with Gasteiger partial charge in [0, 0.05) is 95.2 Å². The molecule has 3 saturated heterocycles. The van der Waals surface area contributed by atoms with Gasteiger partial charge in [-0.2, -0.15) is 5.10 Å². The molecule has 15 heteroatoms. The van der Waals surface area contributed by atoms with Crippen molar-refractivity contribution in [1.82, 2.24) is 40.4 Å². The molecule has 0 radical (unpaired) electrons. The number of carbonyl (C=O) groups is 3. The van der Waals surface area contributed by atoms with E-state index >= 15 is 0 Å². The van der Waals surface area contributed by atoms with Crippen LogP contribution in [0.5, 0.6) is 0 Å². The van der Waals surface area contributed by atoms with E-state index in [9.17, 15) is 14.4 Å². The minimum absolute atomic E-state index is 0.0470. The van der Waals surface area contributed by atoms with Crippen LogP contribution in [0.1, 0.15) is 80.4 Å². The summed E-state index contributed by atoms with van der Waals surface area (Å²) >= 11 is 1.47. The Bertz CT molecular complexity index is 2390. The number of benzene rings is 1. The van der Waals surface area contributed by atoms with Crippen LogP contribution in [0, 0.1) is 23.2 Å². The third-order valence-corrected chi connectivity index (χ3v) is 14.1. The zero-order valence-electron chi connectivity index (χ0n) is 37.8. The highest BCUT2D eigenvalue weighted by Crippen LogP contribution is 2.44. The number of piperazine rings is 1. The minimum Gasteiger partial charge on any atom is -0.464 e. The number of fused-ring (bicyclic) bond motifs is 4. The van der Waals surface area contributed by atoms with Crippen LogP contribution in [0.3, 0.4) is 0 Å². The lowest BCUT2D eigenvalue weighted by Gasteiger charge is -2.53. The molecule has 2 aliphatic carbocycles. The van der Waals surface area contributed by atoms with E-state index in [1.54, 1.807) is 12.1 Å². The van der Waals surface area contributed by atoms with Crippen molar-refractivity contribution in [2.24, 2.45) is 23.2 Å². The van der Waals surface area contributed by atoms with Crippen LogP contribution in [0.4, 0.5) is 5.82 Å². The van der Waals surface area contributed by atoms with E-state index < -0.39 is 36.5 Å². The molecule has 5 fully saturated rings. The van der Waals surface area contributed by atoms with Crippen molar-refractivity contribution in [1.29, 1.82) is 0 Å². The number of methoxy groups -OCH3 is 1. The van der Waals surface area contributed by atoms with Crippen molar-refractivity contribution in [3.8, 4) is 22.5 Å². The number of carbonyl (C=O) groups excluding carboxylic acids is 3. The number of aryl methyl sites for hydroxylation is 1. The number of nitrogens with one attached hydrogen (secondary N) is 2. The fourth-order valence-corrected chi connectivity index (χ4v) is 10.2. The molecule has 0 spiro atoms. The van der Waals surface area contributed by atoms with E-state index in [1.165, 1.54) is 16.2 Å². The number of aromatic nitrogens is 4. The molecule has 4 aliphatic heterocycles. The van der Waals surface area contributed by atoms with Crippen LogP contribution in [0.25, 0.3) is 33.4 Å². The maximum atomic E-state index is 14.4. The maximum absolute atomic E-state index is 14.4. The second-order valence-electron chi connectivity index (χ2n) is 18.0. The summed E-state index contributed by atoms with van der Waals surface area (Å²) in [7, 11) is 1.66. The third kappa shape index (κ3) is 7.52. The number of cyclic esters (lactones) is 1. The molecule has 5 atom stereocenters. The summed E-state index contributed by atoms with van der Waals surface area (Å²) < 4.78 is 38.2. The molecule has 2 saturated carbocycles. The molecular weight excluding hydrogens is 767 g/mol. The van der Waals surface area contributed by atoms with Crippen LogP contribution in [-0.4, -0.2) is 112 Å². The lowest BCUT2D eigenvalue weighted by molar-refractivity contribution is -0.171. The van der Waals surface area contributed by atoms with Crippen LogP contribution in [0.2, 0.25) is 0 Å². The van der Waals surface area contributed by atoms with Crippen LogP contribution >= 0.6 is 11.3 Å². The van der Waals surface area contributed by atoms with Gasteiger partial charge in [-0.3, -0.25) is 19.4 Å². The molecule has 1 aromatic carbocycles. The van der Waals surface area contributed by atoms with Gasteiger partial charge in [-0.15, -0.1) is 16.4 Å². The Morgan fingerprint density at radius 1 is 1.15 bits per heavy atom. The third-order valence-electron chi connectivity index (χ3n) is 13.2. The predicted molar refractivity (Wildman–Crippen MR) is 227 cm³/mol. The van der Waals surface area contributed by atoms with Gasteiger partial charge in [0.1, 0.15) is 17.8 Å². The van der Waals surface area contributed by atoms with Crippen LogP contribution in [0.15, 0.2) is 29.6 Å². The van der Waals surface area contributed by atoms with Gasteiger partial charge in [0.25, 0.3) is 5.91 Å². The van der Waals surface area contributed by atoms with E-state index in [1.807, 2.05) is 19.2 Å². The second-order valence-corrected chi connectivity index (χ2v) is 19.0. The molecule has 10 rings (SSSR count). The predicted octanol–water partition coefficient (Wildman–Crippen LogP) is 5.00. The van der Waals surface area contributed by atoms with Crippen molar-refractivity contribution in [2.45, 2.75) is 97.5 Å². The number of ether oxygens (including phenoxy) is 2. The number of hydrogen-bond donors (Lipinski definition) is 2. The van der Waals surface area contributed by atoms with E-state index in [-0.39, 0.29) is 48.6 Å². The normalized spacial score (nSPS) is 28.5. The second kappa shape index (κ2) is 15.5. The Labute approximate surface area is 354 Å². The molecule has 3 aromatic heterocycles. The molecule has 314 valence electrons. The fourth-order valence-electron chi connectivity index (χ4n) is 9.38. The zero-order valence-corrected chi connectivity index (χ0v) is 35.6. The van der Waals surface area contributed by atoms with Crippen molar-refractivity contribution in [3.63, 3.8) is 0 Å². The monoisotopic (exact) mass is 826 g/mol. The molecule has 6 aliphatic rings. The molecule has 8 bridgehead atoms. The van der Waals surface area contributed by atoms with Gasteiger partial charge in [-0.1, -0.05) is 26.8 Å². The Morgan fingerprint density at radius 2 is 1.93 bits per heavy atom. The molecular formula is C44H57N9O5S. The summed E-state index contributed by atoms with van der Waals surface area (Å²) in [4.78, 5) is 50.4. The summed E-state index contributed by atoms with van der Waals surface area (Å²) in [5.41, 5.74) is 8.99. The van der Waals surface area contributed by atoms with Crippen molar-refractivity contribution in [3.05, 3.63) is 45.9 Å². The number of hydrazine groups is 1. The molecule has 2 N–H and O–H groups in total. The summed E-state index contributed by atoms with van der Waals surface area (Å²) in [5, 5.41) is 17.9. The Balaban J connectivity index is 1.16. The Morgan fingerprint density at radius 3 is 2.64 bits per heavy atom. The number of thiazole rings is 1. The highest BCUT2D eigenvalue weighted by Gasteiger charge is 2.51. The molecule has 2 amide bonds. The van der Waals surface area contributed by atoms with Gasteiger partial charge < -0.3 is 29.2 Å². The Hall–Kier alpha value is -4.44. The number of esters is 1. The van der Waals surface area contributed by atoms with Crippen LogP contribution in [-0.2, 0) is 43.2 Å². The Kier molecular flexibility index (Phi) is 9.59. The molecule has 4 aromatic rings. The van der Waals surface area contributed by atoms with Gasteiger partial charge in [-0.25, -0.2) is 10.4 Å². The van der Waals surface area contributed by atoms with E-state index in [0.29, 0.717) is 63.5 Å². The minimum atomic E-state index is -2.16. The first kappa shape index (κ1) is 36.4. The molecule has 14 nitrogen and oxygen atoms in total. The summed E-state index contributed by atoms with van der Waals surface area (Å²) in [6, 6.07) is 6.85. The topological polar surface area (TPSA) is 147 Å². The van der Waals surface area contributed by atoms with Gasteiger partial charge in [0.15, 0.2) is 5.82 Å². The lowest BCUT2D eigenvalue weighted by atomic mass is 9.73. The highest BCUT2D eigenvalue weighted by molar-refractivity contribution is 7.10. The first-order chi connectivity index (χ1) is 29.5.